The van der Waals surface area contributed by atoms with Gasteiger partial charge in [0.2, 0.25) is 0 Å². The van der Waals surface area contributed by atoms with E-state index in [1.807, 2.05) is 18.2 Å². The summed E-state index contributed by atoms with van der Waals surface area (Å²) in [4.78, 5) is 34.8. The highest BCUT2D eigenvalue weighted by Crippen LogP contribution is 2.13. The van der Waals surface area contributed by atoms with Gasteiger partial charge in [-0.1, -0.05) is 36.4 Å². The summed E-state index contributed by atoms with van der Waals surface area (Å²) in [6, 6.07) is 14.2. The third kappa shape index (κ3) is 5.13. The normalized spacial score (nSPS) is 10.7. The molecule has 7 nitrogen and oxygen atoms in total. The van der Waals surface area contributed by atoms with E-state index >= 15 is 0 Å². The van der Waals surface area contributed by atoms with E-state index in [1.54, 1.807) is 18.2 Å². The quantitative estimate of drug-likeness (QED) is 0.346. The molecule has 0 radical (unpaired) electrons. The number of nitro groups is 1. The zero-order valence-electron chi connectivity index (χ0n) is 13.8. The zero-order chi connectivity index (χ0) is 18.9. The summed E-state index contributed by atoms with van der Waals surface area (Å²) in [5, 5.41) is 15.8. The van der Waals surface area contributed by atoms with Crippen LogP contribution in [-0.4, -0.2) is 23.3 Å². The minimum atomic E-state index is -0.550. The molecule has 0 aliphatic rings. The van der Waals surface area contributed by atoms with Gasteiger partial charge in [0.15, 0.2) is 0 Å². The fourth-order valence-electron chi connectivity index (χ4n) is 2.06. The number of amides is 2. The molecule has 2 amide bonds. The molecule has 0 aromatic heterocycles. The van der Waals surface area contributed by atoms with Crippen molar-refractivity contribution in [2.75, 3.05) is 6.54 Å². The van der Waals surface area contributed by atoms with Crippen LogP contribution in [-0.2, 0) is 4.79 Å². The molecular formula is C19H17N3O4. The van der Waals surface area contributed by atoms with Gasteiger partial charge in [-0.25, -0.2) is 0 Å². The number of nitrogens with zero attached hydrogens (tertiary/aromatic N) is 1. The number of hydrogen-bond acceptors (Lipinski definition) is 4. The SMILES string of the molecule is C=CCNC(=O)C(=Cc1ccccc1)NC(=O)c1ccc([N+](=O)[O-])cc1. The Morgan fingerprint density at radius 1 is 1.08 bits per heavy atom. The number of hydrogen-bond donors (Lipinski definition) is 2. The Morgan fingerprint density at radius 3 is 2.31 bits per heavy atom. The van der Waals surface area contributed by atoms with Crippen molar-refractivity contribution in [2.45, 2.75) is 0 Å². The first-order valence-corrected chi connectivity index (χ1v) is 7.73. The molecule has 0 unspecified atom stereocenters. The van der Waals surface area contributed by atoms with Crippen LogP contribution in [0.3, 0.4) is 0 Å². The monoisotopic (exact) mass is 351 g/mol. The molecule has 2 aromatic rings. The van der Waals surface area contributed by atoms with Crippen LogP contribution >= 0.6 is 0 Å². The summed E-state index contributed by atoms with van der Waals surface area (Å²) in [5.41, 5.74) is 0.873. The van der Waals surface area contributed by atoms with Crippen molar-refractivity contribution < 1.29 is 14.5 Å². The van der Waals surface area contributed by atoms with Gasteiger partial charge in [-0.05, 0) is 23.8 Å². The number of nitro benzene ring substituents is 1. The van der Waals surface area contributed by atoms with E-state index in [9.17, 15) is 19.7 Å². The Labute approximate surface area is 150 Å². The predicted molar refractivity (Wildman–Crippen MR) is 98.2 cm³/mol. The van der Waals surface area contributed by atoms with Gasteiger partial charge in [-0.15, -0.1) is 6.58 Å². The molecule has 0 atom stereocenters. The standard InChI is InChI=1S/C19H17N3O4/c1-2-12-20-19(24)17(13-14-6-4-3-5-7-14)21-18(23)15-8-10-16(11-9-15)22(25)26/h2-11,13H,1,12H2,(H,20,24)(H,21,23). The van der Waals surface area contributed by atoms with E-state index < -0.39 is 16.7 Å². The molecule has 0 saturated heterocycles. The van der Waals surface area contributed by atoms with E-state index in [0.717, 1.165) is 5.56 Å². The van der Waals surface area contributed by atoms with Gasteiger partial charge in [0, 0.05) is 24.2 Å². The lowest BCUT2D eigenvalue weighted by Gasteiger charge is -2.10. The molecule has 132 valence electrons. The molecule has 0 spiro atoms. The summed E-state index contributed by atoms with van der Waals surface area (Å²) in [6.45, 7) is 3.78. The van der Waals surface area contributed by atoms with Crippen molar-refractivity contribution in [3.8, 4) is 0 Å². The second kappa shape index (κ2) is 8.93. The third-order valence-electron chi connectivity index (χ3n) is 3.35. The Bertz CT molecular complexity index is 843. The van der Waals surface area contributed by atoms with E-state index in [1.165, 1.54) is 30.3 Å². The Balaban J connectivity index is 2.23. The molecule has 2 aromatic carbocycles. The van der Waals surface area contributed by atoms with Crippen LogP contribution in [0.4, 0.5) is 5.69 Å². The molecule has 0 fully saturated rings. The Hall–Kier alpha value is -3.74. The van der Waals surface area contributed by atoms with E-state index in [2.05, 4.69) is 17.2 Å². The number of non-ortho nitro benzene ring substituents is 1. The first-order valence-electron chi connectivity index (χ1n) is 7.73. The van der Waals surface area contributed by atoms with E-state index in [0.29, 0.717) is 0 Å². The van der Waals surface area contributed by atoms with Crippen molar-refractivity contribution in [3.05, 3.63) is 94.2 Å². The van der Waals surface area contributed by atoms with Gasteiger partial charge in [-0.2, -0.15) is 0 Å². The third-order valence-corrected chi connectivity index (χ3v) is 3.35. The lowest BCUT2D eigenvalue weighted by atomic mass is 10.1. The molecular weight excluding hydrogens is 334 g/mol. The second-order valence-corrected chi connectivity index (χ2v) is 5.23. The minimum absolute atomic E-state index is 0.0569. The average molecular weight is 351 g/mol. The average Bonchev–Trinajstić information content (AvgIpc) is 2.66. The van der Waals surface area contributed by atoms with Gasteiger partial charge in [0.05, 0.1) is 4.92 Å². The molecule has 26 heavy (non-hydrogen) atoms. The van der Waals surface area contributed by atoms with Crippen molar-refractivity contribution in [1.29, 1.82) is 0 Å². The lowest BCUT2D eigenvalue weighted by Crippen LogP contribution is -2.34. The van der Waals surface area contributed by atoms with Gasteiger partial charge >= 0.3 is 0 Å². The summed E-state index contributed by atoms with van der Waals surface area (Å²) in [5.74, 6) is -1.01. The topological polar surface area (TPSA) is 101 Å². The van der Waals surface area contributed by atoms with Crippen LogP contribution < -0.4 is 10.6 Å². The van der Waals surface area contributed by atoms with E-state index in [4.69, 9.17) is 0 Å². The Morgan fingerprint density at radius 2 is 1.73 bits per heavy atom. The highest BCUT2D eigenvalue weighted by molar-refractivity contribution is 6.05. The van der Waals surface area contributed by atoms with Crippen LogP contribution in [0.1, 0.15) is 15.9 Å². The van der Waals surface area contributed by atoms with Gasteiger partial charge < -0.3 is 10.6 Å². The van der Waals surface area contributed by atoms with Crippen LogP contribution in [0.5, 0.6) is 0 Å². The highest BCUT2D eigenvalue weighted by atomic mass is 16.6. The maximum absolute atomic E-state index is 12.4. The smallest absolute Gasteiger partial charge is 0.269 e. The number of benzene rings is 2. The maximum atomic E-state index is 12.4. The molecule has 7 heteroatoms. The van der Waals surface area contributed by atoms with Crippen molar-refractivity contribution in [1.82, 2.24) is 10.6 Å². The molecule has 0 aliphatic carbocycles. The first-order chi connectivity index (χ1) is 12.5. The maximum Gasteiger partial charge on any atom is 0.269 e. The second-order valence-electron chi connectivity index (χ2n) is 5.23. The van der Waals surface area contributed by atoms with E-state index in [-0.39, 0.29) is 23.5 Å². The summed E-state index contributed by atoms with van der Waals surface area (Å²) in [7, 11) is 0. The fourth-order valence-corrected chi connectivity index (χ4v) is 2.06. The number of rotatable bonds is 7. The van der Waals surface area contributed by atoms with Gasteiger partial charge in [0.25, 0.3) is 17.5 Å². The molecule has 0 aliphatic heterocycles. The summed E-state index contributed by atoms with van der Waals surface area (Å²) >= 11 is 0. The lowest BCUT2D eigenvalue weighted by molar-refractivity contribution is -0.384. The molecule has 2 rings (SSSR count). The number of carbonyl (C=O) groups is 2. The van der Waals surface area contributed by atoms with Crippen molar-refractivity contribution in [3.63, 3.8) is 0 Å². The largest absolute Gasteiger partial charge is 0.347 e. The molecule has 2 N–H and O–H groups in total. The fraction of sp³-hybridized carbons (Fsp3) is 0.0526. The van der Waals surface area contributed by atoms with Crippen LogP contribution in [0.15, 0.2) is 72.9 Å². The van der Waals surface area contributed by atoms with Crippen LogP contribution in [0, 0.1) is 10.1 Å². The first kappa shape index (κ1) is 18.6. The van der Waals surface area contributed by atoms with Gasteiger partial charge in [0.1, 0.15) is 5.70 Å². The van der Waals surface area contributed by atoms with Gasteiger partial charge in [-0.3, -0.25) is 19.7 Å². The number of carbonyl (C=O) groups excluding carboxylic acids is 2. The van der Waals surface area contributed by atoms with Crippen LogP contribution in [0.2, 0.25) is 0 Å². The summed E-state index contributed by atoms with van der Waals surface area (Å²) < 4.78 is 0. The molecule has 0 heterocycles. The summed E-state index contributed by atoms with van der Waals surface area (Å²) in [6.07, 6.45) is 3.07. The number of nitrogens with one attached hydrogen (secondary N) is 2. The minimum Gasteiger partial charge on any atom is -0.347 e. The molecule has 0 saturated carbocycles. The van der Waals surface area contributed by atoms with Crippen molar-refractivity contribution in [2.24, 2.45) is 0 Å². The zero-order valence-corrected chi connectivity index (χ0v) is 13.8. The Kier molecular flexibility index (Phi) is 6.39. The van der Waals surface area contributed by atoms with Crippen molar-refractivity contribution >= 4 is 23.6 Å². The molecule has 0 bridgehead atoms. The highest BCUT2D eigenvalue weighted by Gasteiger charge is 2.15. The predicted octanol–water partition coefficient (Wildman–Crippen LogP) is 2.67. The van der Waals surface area contributed by atoms with Crippen LogP contribution in [0.25, 0.3) is 6.08 Å².